The van der Waals surface area contributed by atoms with Gasteiger partial charge in [0.15, 0.2) is 0 Å². The minimum absolute atomic E-state index is 0.0415. The highest BCUT2D eigenvalue weighted by molar-refractivity contribution is 7.00. The quantitative estimate of drug-likeness (QED) is 0.397. The fourth-order valence-corrected chi connectivity index (χ4v) is 5.16. The van der Waals surface area contributed by atoms with Gasteiger partial charge in [0.05, 0.1) is 0 Å². The van der Waals surface area contributed by atoms with E-state index in [0.29, 0.717) is 0 Å². The fourth-order valence-electron chi connectivity index (χ4n) is 5.16. The van der Waals surface area contributed by atoms with Crippen molar-refractivity contribution in [1.82, 2.24) is 19.9 Å². The third-order valence-electron chi connectivity index (χ3n) is 6.43. The van der Waals surface area contributed by atoms with E-state index in [-0.39, 0.29) is 6.71 Å². The zero-order valence-corrected chi connectivity index (χ0v) is 17.6. The van der Waals surface area contributed by atoms with E-state index in [9.17, 15) is 0 Å². The molecule has 0 saturated carbocycles. The number of rotatable bonds is 2. The van der Waals surface area contributed by atoms with Crippen molar-refractivity contribution in [2.24, 2.45) is 0 Å². The molecule has 33 heavy (non-hydrogen) atoms. The molecule has 0 spiro atoms. The number of benzene rings is 1. The van der Waals surface area contributed by atoms with Crippen LogP contribution in [0.2, 0.25) is 0 Å². The van der Waals surface area contributed by atoms with Crippen molar-refractivity contribution in [2.75, 3.05) is 9.80 Å². The van der Waals surface area contributed by atoms with Crippen LogP contribution in [-0.2, 0) is 0 Å². The first-order chi connectivity index (χ1) is 16.4. The third kappa shape index (κ3) is 2.56. The SMILES string of the molecule is c1cc2c3c(c1)N(c1ccncc1)c1ccncc1B3c1cnccc1N2c1ccncc1. The second kappa shape index (κ2) is 7.00. The molecule has 0 unspecified atom stereocenters. The molecule has 0 saturated heterocycles. The Labute approximate surface area is 191 Å². The first-order valence-electron chi connectivity index (χ1n) is 10.8. The smallest absolute Gasteiger partial charge is 0.256 e. The van der Waals surface area contributed by atoms with E-state index in [1.165, 1.54) is 5.46 Å². The van der Waals surface area contributed by atoms with Gasteiger partial charge in [0.1, 0.15) is 0 Å². The standard InChI is InChI=1S/C26H17BN6/c1-2-24-26-25(3-1)33(19-6-12-29-13-7-19)23-9-15-31-17-21(23)27(26)20-16-30-14-8-22(20)32(24)18-4-10-28-11-5-18/h1-17H. The molecule has 7 rings (SSSR count). The minimum Gasteiger partial charge on any atom is -0.311 e. The van der Waals surface area contributed by atoms with Gasteiger partial charge in [-0.1, -0.05) is 6.07 Å². The maximum Gasteiger partial charge on any atom is 0.256 e. The van der Waals surface area contributed by atoms with Gasteiger partial charge in [0.2, 0.25) is 0 Å². The van der Waals surface area contributed by atoms with E-state index in [4.69, 9.17) is 0 Å². The highest BCUT2D eigenvalue weighted by Gasteiger charge is 2.43. The molecule has 1 aromatic carbocycles. The maximum absolute atomic E-state index is 4.52. The normalized spacial score (nSPS) is 13.3. The average molecular weight is 424 g/mol. The second-order valence-electron chi connectivity index (χ2n) is 8.09. The van der Waals surface area contributed by atoms with E-state index in [1.54, 1.807) is 0 Å². The van der Waals surface area contributed by atoms with E-state index < -0.39 is 0 Å². The molecule has 0 aliphatic carbocycles. The van der Waals surface area contributed by atoms with Gasteiger partial charge < -0.3 is 9.80 Å². The Morgan fingerprint density at radius 2 is 0.939 bits per heavy atom. The Bertz CT molecular complexity index is 1380. The first-order valence-corrected chi connectivity index (χ1v) is 10.8. The van der Waals surface area contributed by atoms with Gasteiger partial charge in [-0.15, -0.1) is 0 Å². The van der Waals surface area contributed by atoms with Crippen LogP contribution in [0.1, 0.15) is 0 Å². The van der Waals surface area contributed by atoms with Gasteiger partial charge in [-0.3, -0.25) is 19.9 Å². The summed E-state index contributed by atoms with van der Waals surface area (Å²) >= 11 is 0. The lowest BCUT2D eigenvalue weighted by Crippen LogP contribution is -2.61. The molecule has 6 heterocycles. The summed E-state index contributed by atoms with van der Waals surface area (Å²) in [6, 6.07) is 18.9. The Hall–Kier alpha value is -4.52. The minimum atomic E-state index is 0.0415. The zero-order chi connectivity index (χ0) is 21.8. The summed E-state index contributed by atoms with van der Waals surface area (Å²) in [6.45, 7) is 0.0415. The summed E-state index contributed by atoms with van der Waals surface area (Å²) in [5, 5.41) is 0. The Kier molecular flexibility index (Phi) is 3.84. The van der Waals surface area contributed by atoms with Gasteiger partial charge in [0.25, 0.3) is 6.71 Å². The summed E-state index contributed by atoms with van der Waals surface area (Å²) in [5.41, 5.74) is 10.2. The van der Waals surface area contributed by atoms with Gasteiger partial charge in [0, 0.05) is 83.7 Å². The molecule has 6 nitrogen and oxygen atoms in total. The van der Waals surface area contributed by atoms with Crippen LogP contribution in [0.3, 0.4) is 0 Å². The summed E-state index contributed by atoms with van der Waals surface area (Å²) in [5.74, 6) is 0. The van der Waals surface area contributed by atoms with Crippen LogP contribution in [-0.4, -0.2) is 26.6 Å². The first kappa shape index (κ1) is 18.1. The van der Waals surface area contributed by atoms with Crippen LogP contribution in [0.15, 0.2) is 104 Å². The van der Waals surface area contributed by atoms with Crippen LogP contribution >= 0.6 is 0 Å². The molecule has 0 bridgehead atoms. The molecular weight excluding hydrogens is 407 g/mol. The lowest BCUT2D eigenvalue weighted by molar-refractivity contribution is 1.20. The number of pyridine rings is 4. The number of hydrogen-bond donors (Lipinski definition) is 0. The highest BCUT2D eigenvalue weighted by Crippen LogP contribution is 2.42. The van der Waals surface area contributed by atoms with E-state index in [0.717, 1.165) is 45.0 Å². The zero-order valence-electron chi connectivity index (χ0n) is 17.6. The predicted octanol–water partition coefficient (Wildman–Crippen LogP) is 3.35. The van der Waals surface area contributed by atoms with Crippen LogP contribution in [0, 0.1) is 0 Å². The van der Waals surface area contributed by atoms with Crippen LogP contribution < -0.4 is 26.2 Å². The highest BCUT2D eigenvalue weighted by atomic mass is 15.2. The van der Waals surface area contributed by atoms with Crippen molar-refractivity contribution < 1.29 is 0 Å². The molecule has 0 N–H and O–H groups in total. The fraction of sp³-hybridized carbons (Fsp3) is 0. The summed E-state index contributed by atoms with van der Waals surface area (Å²) < 4.78 is 0. The van der Waals surface area contributed by atoms with Crippen LogP contribution in [0.25, 0.3) is 0 Å². The molecule has 5 aromatic rings. The van der Waals surface area contributed by atoms with E-state index >= 15 is 0 Å². The molecular formula is C26H17BN6. The molecule has 0 radical (unpaired) electrons. The Morgan fingerprint density at radius 3 is 1.42 bits per heavy atom. The number of fused-ring (bicyclic) bond motifs is 4. The van der Waals surface area contributed by atoms with Crippen molar-refractivity contribution in [3.05, 3.63) is 104 Å². The second-order valence-corrected chi connectivity index (χ2v) is 8.09. The number of anilines is 6. The lowest BCUT2D eigenvalue weighted by Gasteiger charge is -2.43. The summed E-state index contributed by atoms with van der Waals surface area (Å²) in [4.78, 5) is 22.1. The van der Waals surface area contributed by atoms with Crippen molar-refractivity contribution in [3.63, 3.8) is 0 Å². The van der Waals surface area contributed by atoms with Gasteiger partial charge >= 0.3 is 0 Å². The van der Waals surface area contributed by atoms with Crippen molar-refractivity contribution in [2.45, 2.75) is 0 Å². The van der Waals surface area contributed by atoms with Gasteiger partial charge in [-0.25, -0.2) is 0 Å². The van der Waals surface area contributed by atoms with Crippen LogP contribution in [0.5, 0.6) is 0 Å². The molecule has 7 heteroatoms. The number of aromatic nitrogens is 4. The molecule has 4 aromatic heterocycles. The van der Waals surface area contributed by atoms with E-state index in [2.05, 4.69) is 60.1 Å². The topological polar surface area (TPSA) is 58.0 Å². The average Bonchev–Trinajstić information content (AvgIpc) is 2.89. The number of hydrogen-bond acceptors (Lipinski definition) is 6. The Balaban J connectivity index is 1.58. The predicted molar refractivity (Wildman–Crippen MR) is 132 cm³/mol. The third-order valence-corrected chi connectivity index (χ3v) is 6.43. The van der Waals surface area contributed by atoms with Gasteiger partial charge in [-0.05, 0) is 64.9 Å². The Morgan fingerprint density at radius 1 is 0.485 bits per heavy atom. The monoisotopic (exact) mass is 424 g/mol. The summed E-state index contributed by atoms with van der Waals surface area (Å²) in [6.07, 6.45) is 15.0. The molecule has 0 atom stereocenters. The van der Waals surface area contributed by atoms with E-state index in [1.807, 2.05) is 73.8 Å². The molecule has 2 aliphatic rings. The molecule has 2 aliphatic heterocycles. The largest absolute Gasteiger partial charge is 0.311 e. The number of nitrogens with zero attached hydrogens (tertiary/aromatic N) is 6. The van der Waals surface area contributed by atoms with Gasteiger partial charge in [-0.2, -0.15) is 0 Å². The maximum atomic E-state index is 4.52. The molecule has 154 valence electrons. The van der Waals surface area contributed by atoms with Crippen molar-refractivity contribution in [3.8, 4) is 0 Å². The van der Waals surface area contributed by atoms with Crippen LogP contribution in [0.4, 0.5) is 34.1 Å². The molecule has 0 fully saturated rings. The molecule has 0 amide bonds. The lowest BCUT2D eigenvalue weighted by atomic mass is 9.34. The van der Waals surface area contributed by atoms with Crippen molar-refractivity contribution >= 4 is 57.2 Å². The van der Waals surface area contributed by atoms with Crippen molar-refractivity contribution in [1.29, 1.82) is 0 Å². The summed E-state index contributed by atoms with van der Waals surface area (Å²) in [7, 11) is 0.